The van der Waals surface area contributed by atoms with E-state index < -0.39 is 18.0 Å². The summed E-state index contributed by atoms with van der Waals surface area (Å²) >= 11 is 0. The van der Waals surface area contributed by atoms with Crippen LogP contribution in [0.15, 0.2) is 24.3 Å². The van der Waals surface area contributed by atoms with Gasteiger partial charge in [0.15, 0.2) is 0 Å². The van der Waals surface area contributed by atoms with Gasteiger partial charge in [-0.3, -0.25) is 0 Å². The number of carboxylic acid groups (broad SMARTS) is 1. The van der Waals surface area contributed by atoms with E-state index in [-0.39, 0.29) is 6.54 Å². The van der Waals surface area contributed by atoms with Crippen molar-refractivity contribution in [2.24, 2.45) is 0 Å². The van der Waals surface area contributed by atoms with E-state index in [0.29, 0.717) is 24.3 Å². The van der Waals surface area contributed by atoms with E-state index in [9.17, 15) is 9.59 Å². The van der Waals surface area contributed by atoms with Crippen LogP contribution in [0.2, 0.25) is 0 Å². The lowest BCUT2D eigenvalue weighted by Crippen LogP contribution is -2.58. The van der Waals surface area contributed by atoms with Crippen LogP contribution in [0.3, 0.4) is 0 Å². The van der Waals surface area contributed by atoms with E-state index in [0.717, 1.165) is 0 Å². The summed E-state index contributed by atoms with van der Waals surface area (Å²) in [5.41, 5.74) is 1.02. The number of nitrogens with zero attached hydrogens (tertiary/aromatic N) is 2. The molecule has 7 heteroatoms. The van der Waals surface area contributed by atoms with Crippen molar-refractivity contribution in [3.05, 3.63) is 29.8 Å². The number of hydrogen-bond acceptors (Lipinski definition) is 4. The Bertz CT molecular complexity index is 550. The van der Waals surface area contributed by atoms with E-state index in [1.165, 1.54) is 4.90 Å². The maximum atomic E-state index is 12.1. The number of urea groups is 1. The molecule has 1 aliphatic heterocycles. The predicted molar refractivity (Wildman–Crippen MR) is 71.2 cm³/mol. The monoisotopic (exact) mass is 274 g/mol. The molecule has 1 saturated heterocycles. The summed E-state index contributed by atoms with van der Waals surface area (Å²) in [7, 11) is 0. The van der Waals surface area contributed by atoms with Crippen molar-refractivity contribution < 1.29 is 14.7 Å². The number of anilines is 1. The average Bonchev–Trinajstić information content (AvgIpc) is 2.48. The van der Waals surface area contributed by atoms with E-state index in [4.69, 9.17) is 10.4 Å². The van der Waals surface area contributed by atoms with Crippen molar-refractivity contribution >= 4 is 17.7 Å². The Balaban J connectivity index is 2.06. The molecule has 0 spiro atoms. The van der Waals surface area contributed by atoms with Gasteiger partial charge in [0.05, 0.1) is 11.6 Å². The van der Waals surface area contributed by atoms with Crippen LogP contribution in [-0.2, 0) is 4.79 Å². The van der Waals surface area contributed by atoms with Crippen LogP contribution in [0.25, 0.3) is 0 Å². The lowest BCUT2D eigenvalue weighted by molar-refractivity contribution is -0.142. The number of aliphatic carboxylic acids is 1. The van der Waals surface area contributed by atoms with Crippen LogP contribution in [-0.4, -0.2) is 47.7 Å². The number of carboxylic acids is 1. The standard InChI is InChI=1S/C13H14N4O3/c14-7-9-1-3-10(4-2-9)16-13(20)17-6-5-15-8-11(17)12(18)19/h1-4,11,15H,5-6,8H2,(H,16,20)(H,18,19). The summed E-state index contributed by atoms with van der Waals surface area (Å²) in [6, 6.07) is 7.04. The van der Waals surface area contributed by atoms with E-state index >= 15 is 0 Å². The molecular weight excluding hydrogens is 260 g/mol. The third-order valence-corrected chi connectivity index (χ3v) is 3.05. The molecule has 1 aliphatic rings. The summed E-state index contributed by atoms with van der Waals surface area (Å²) < 4.78 is 0. The predicted octanol–water partition coefficient (Wildman–Crippen LogP) is 0.449. The van der Waals surface area contributed by atoms with Gasteiger partial charge in [0.25, 0.3) is 0 Å². The number of benzene rings is 1. The third kappa shape index (κ3) is 3.05. The number of carbonyl (C=O) groups excluding carboxylic acids is 1. The number of nitrogens with one attached hydrogen (secondary N) is 2. The van der Waals surface area contributed by atoms with Crippen LogP contribution in [0.5, 0.6) is 0 Å². The molecule has 0 aliphatic carbocycles. The number of amides is 2. The molecule has 0 radical (unpaired) electrons. The number of carbonyl (C=O) groups is 2. The normalized spacial score (nSPS) is 18.1. The lowest BCUT2D eigenvalue weighted by atomic mass is 10.2. The Morgan fingerprint density at radius 3 is 2.70 bits per heavy atom. The number of piperazine rings is 1. The van der Waals surface area contributed by atoms with E-state index in [1.54, 1.807) is 24.3 Å². The highest BCUT2D eigenvalue weighted by atomic mass is 16.4. The Morgan fingerprint density at radius 2 is 2.10 bits per heavy atom. The molecular formula is C13H14N4O3. The average molecular weight is 274 g/mol. The first kappa shape index (κ1) is 13.8. The Kier molecular flexibility index (Phi) is 4.17. The zero-order valence-corrected chi connectivity index (χ0v) is 10.7. The van der Waals surface area contributed by atoms with Gasteiger partial charge < -0.3 is 20.6 Å². The van der Waals surface area contributed by atoms with Crippen LogP contribution in [0.4, 0.5) is 10.5 Å². The quantitative estimate of drug-likeness (QED) is 0.726. The molecule has 20 heavy (non-hydrogen) atoms. The molecule has 7 nitrogen and oxygen atoms in total. The molecule has 2 rings (SSSR count). The molecule has 0 bridgehead atoms. The minimum atomic E-state index is -1.04. The zero-order valence-electron chi connectivity index (χ0n) is 10.7. The van der Waals surface area contributed by atoms with Gasteiger partial charge in [-0.1, -0.05) is 0 Å². The van der Waals surface area contributed by atoms with Gasteiger partial charge in [-0.25, -0.2) is 9.59 Å². The molecule has 1 unspecified atom stereocenters. The Morgan fingerprint density at radius 1 is 1.40 bits per heavy atom. The maximum absolute atomic E-state index is 12.1. The Labute approximate surface area is 115 Å². The van der Waals surface area contributed by atoms with Crippen LogP contribution in [0.1, 0.15) is 5.56 Å². The summed E-state index contributed by atoms with van der Waals surface area (Å²) in [5, 5.41) is 23.4. The number of hydrogen-bond donors (Lipinski definition) is 3. The van der Waals surface area contributed by atoms with Gasteiger partial charge >= 0.3 is 12.0 Å². The second kappa shape index (κ2) is 6.04. The van der Waals surface area contributed by atoms with E-state index in [1.807, 2.05) is 6.07 Å². The maximum Gasteiger partial charge on any atom is 0.327 e. The molecule has 2 amide bonds. The molecule has 104 valence electrons. The first-order chi connectivity index (χ1) is 9.61. The van der Waals surface area contributed by atoms with Gasteiger partial charge in [0, 0.05) is 25.3 Å². The van der Waals surface area contributed by atoms with Crippen molar-refractivity contribution in [2.75, 3.05) is 25.0 Å². The molecule has 0 aromatic heterocycles. The van der Waals surface area contributed by atoms with E-state index in [2.05, 4.69) is 10.6 Å². The van der Waals surface area contributed by atoms with Crippen molar-refractivity contribution in [1.82, 2.24) is 10.2 Å². The van der Waals surface area contributed by atoms with Gasteiger partial charge in [0.1, 0.15) is 6.04 Å². The highest BCUT2D eigenvalue weighted by Gasteiger charge is 2.31. The first-order valence-electron chi connectivity index (χ1n) is 6.13. The van der Waals surface area contributed by atoms with Crippen molar-refractivity contribution in [3.8, 4) is 6.07 Å². The Hall–Kier alpha value is -2.59. The van der Waals surface area contributed by atoms with Gasteiger partial charge in [-0.15, -0.1) is 0 Å². The SMILES string of the molecule is N#Cc1ccc(NC(=O)N2CCNCC2C(=O)O)cc1. The minimum absolute atomic E-state index is 0.232. The van der Waals surface area contributed by atoms with Gasteiger partial charge in [0.2, 0.25) is 0 Å². The summed E-state index contributed by atoms with van der Waals surface area (Å²) in [6.45, 7) is 1.12. The largest absolute Gasteiger partial charge is 0.480 e. The van der Waals surface area contributed by atoms with Crippen LogP contribution < -0.4 is 10.6 Å². The molecule has 1 aromatic rings. The number of nitriles is 1. The molecule has 1 heterocycles. The first-order valence-corrected chi connectivity index (χ1v) is 6.13. The molecule has 3 N–H and O–H groups in total. The molecule has 1 fully saturated rings. The third-order valence-electron chi connectivity index (χ3n) is 3.05. The summed E-state index contributed by atoms with van der Waals surface area (Å²) in [5.74, 6) is -1.04. The fourth-order valence-electron chi connectivity index (χ4n) is 1.99. The van der Waals surface area contributed by atoms with Crippen LogP contribution >= 0.6 is 0 Å². The highest BCUT2D eigenvalue weighted by Crippen LogP contribution is 2.12. The summed E-state index contributed by atoms with van der Waals surface area (Å²) in [4.78, 5) is 24.5. The molecule has 1 aromatic carbocycles. The lowest BCUT2D eigenvalue weighted by Gasteiger charge is -2.33. The minimum Gasteiger partial charge on any atom is -0.480 e. The summed E-state index contributed by atoms with van der Waals surface area (Å²) in [6.07, 6.45) is 0. The number of rotatable bonds is 2. The fourth-order valence-corrected chi connectivity index (χ4v) is 1.99. The van der Waals surface area contributed by atoms with Gasteiger partial charge in [-0.05, 0) is 24.3 Å². The molecule has 0 saturated carbocycles. The fraction of sp³-hybridized carbons (Fsp3) is 0.308. The van der Waals surface area contributed by atoms with Gasteiger partial charge in [-0.2, -0.15) is 5.26 Å². The topological polar surface area (TPSA) is 105 Å². The second-order valence-corrected chi connectivity index (χ2v) is 4.37. The van der Waals surface area contributed by atoms with Crippen molar-refractivity contribution in [1.29, 1.82) is 5.26 Å². The smallest absolute Gasteiger partial charge is 0.327 e. The zero-order chi connectivity index (χ0) is 14.5. The van der Waals surface area contributed by atoms with Crippen molar-refractivity contribution in [3.63, 3.8) is 0 Å². The van der Waals surface area contributed by atoms with Crippen LogP contribution in [0, 0.1) is 11.3 Å². The second-order valence-electron chi connectivity index (χ2n) is 4.37. The molecule has 1 atom stereocenters. The highest BCUT2D eigenvalue weighted by molar-refractivity contribution is 5.92. The van der Waals surface area contributed by atoms with Crippen molar-refractivity contribution in [2.45, 2.75) is 6.04 Å².